The Balaban J connectivity index is 3.20. The van der Waals surface area contributed by atoms with Crippen molar-refractivity contribution in [1.82, 2.24) is 9.78 Å². The lowest BCUT2D eigenvalue weighted by Crippen LogP contribution is -1.86. The van der Waals surface area contributed by atoms with E-state index in [2.05, 4.69) is 5.10 Å². The molecule has 0 aliphatic heterocycles. The molecule has 0 atom stereocenters. The molecule has 0 aliphatic carbocycles. The van der Waals surface area contributed by atoms with Gasteiger partial charge in [-0.05, 0) is 6.92 Å². The van der Waals surface area contributed by atoms with Crippen molar-refractivity contribution >= 4 is 0 Å². The van der Waals surface area contributed by atoms with Crippen LogP contribution in [0.15, 0.2) is 6.20 Å². The van der Waals surface area contributed by atoms with Crippen LogP contribution in [-0.4, -0.2) is 9.78 Å². The van der Waals surface area contributed by atoms with Gasteiger partial charge in [-0.3, -0.25) is 4.68 Å². The van der Waals surface area contributed by atoms with Crippen LogP contribution in [0, 0.1) is 18.3 Å². The van der Waals surface area contributed by atoms with Crippen molar-refractivity contribution in [2.24, 2.45) is 7.05 Å². The molecule has 0 spiro atoms. The topological polar surface area (TPSA) is 41.6 Å². The Labute approximate surface area is 53.5 Å². The van der Waals surface area contributed by atoms with Gasteiger partial charge in [0.15, 0.2) is 5.69 Å². The van der Waals surface area contributed by atoms with Crippen molar-refractivity contribution in [3.8, 4) is 6.07 Å². The zero-order valence-corrected chi connectivity index (χ0v) is 5.42. The second kappa shape index (κ2) is 1.90. The van der Waals surface area contributed by atoms with E-state index >= 15 is 0 Å². The SMILES string of the molecule is Cc1cn(C)nc1C#N. The van der Waals surface area contributed by atoms with Gasteiger partial charge >= 0.3 is 0 Å². The van der Waals surface area contributed by atoms with Gasteiger partial charge in [0.25, 0.3) is 0 Å². The lowest BCUT2D eigenvalue weighted by Gasteiger charge is -1.78. The van der Waals surface area contributed by atoms with Crippen LogP contribution in [0.2, 0.25) is 0 Å². The summed E-state index contributed by atoms with van der Waals surface area (Å²) in [5.41, 5.74) is 1.44. The first-order valence-corrected chi connectivity index (χ1v) is 2.64. The predicted octanol–water partition coefficient (Wildman–Crippen LogP) is 0.600. The van der Waals surface area contributed by atoms with Crippen LogP contribution in [-0.2, 0) is 7.05 Å². The Hall–Kier alpha value is -1.30. The fourth-order valence-electron chi connectivity index (χ4n) is 0.717. The highest BCUT2D eigenvalue weighted by Gasteiger charge is 1.98. The van der Waals surface area contributed by atoms with Crippen LogP contribution in [0.3, 0.4) is 0 Å². The van der Waals surface area contributed by atoms with Crippen molar-refractivity contribution in [3.63, 3.8) is 0 Å². The maximum atomic E-state index is 8.41. The monoisotopic (exact) mass is 121 g/mol. The largest absolute Gasteiger partial charge is 0.274 e. The molecule has 0 saturated carbocycles. The number of hydrogen-bond donors (Lipinski definition) is 0. The molecule has 1 rings (SSSR count). The number of aromatic nitrogens is 2. The first-order chi connectivity index (χ1) is 4.24. The minimum Gasteiger partial charge on any atom is -0.274 e. The molecule has 0 bridgehead atoms. The Morgan fingerprint density at radius 1 is 1.78 bits per heavy atom. The molecule has 0 aromatic carbocycles. The number of aryl methyl sites for hydroxylation is 2. The van der Waals surface area contributed by atoms with E-state index in [1.54, 1.807) is 11.7 Å². The van der Waals surface area contributed by atoms with Gasteiger partial charge in [-0.15, -0.1) is 0 Å². The fourth-order valence-corrected chi connectivity index (χ4v) is 0.717. The molecule has 3 heteroatoms. The summed E-state index contributed by atoms with van der Waals surface area (Å²) in [6.07, 6.45) is 1.82. The molecule has 0 unspecified atom stereocenters. The van der Waals surface area contributed by atoms with Crippen LogP contribution >= 0.6 is 0 Å². The van der Waals surface area contributed by atoms with E-state index in [0.29, 0.717) is 5.69 Å². The summed E-state index contributed by atoms with van der Waals surface area (Å²) in [6.45, 7) is 1.87. The normalized spacial score (nSPS) is 9.00. The molecule has 46 valence electrons. The van der Waals surface area contributed by atoms with Crippen molar-refractivity contribution in [2.45, 2.75) is 6.92 Å². The molecule has 3 nitrogen and oxygen atoms in total. The highest BCUT2D eigenvalue weighted by Crippen LogP contribution is 2.00. The van der Waals surface area contributed by atoms with Crippen LogP contribution in [0.4, 0.5) is 0 Å². The minimum absolute atomic E-state index is 0.512. The molecule has 1 aromatic rings. The van der Waals surface area contributed by atoms with E-state index in [4.69, 9.17) is 5.26 Å². The average Bonchev–Trinajstić information content (AvgIpc) is 2.10. The van der Waals surface area contributed by atoms with Gasteiger partial charge < -0.3 is 0 Å². The van der Waals surface area contributed by atoms with Crippen molar-refractivity contribution < 1.29 is 0 Å². The van der Waals surface area contributed by atoms with E-state index in [1.807, 2.05) is 19.2 Å². The first kappa shape index (κ1) is 5.83. The van der Waals surface area contributed by atoms with Crippen LogP contribution in [0.25, 0.3) is 0 Å². The van der Waals surface area contributed by atoms with Crippen LogP contribution in [0.1, 0.15) is 11.3 Å². The summed E-state index contributed by atoms with van der Waals surface area (Å²) in [7, 11) is 1.80. The zero-order chi connectivity index (χ0) is 6.85. The molecule has 0 radical (unpaired) electrons. The zero-order valence-electron chi connectivity index (χ0n) is 5.42. The summed E-state index contributed by atoms with van der Waals surface area (Å²) in [6, 6.07) is 1.98. The molecule has 1 aromatic heterocycles. The van der Waals surface area contributed by atoms with Gasteiger partial charge in [0, 0.05) is 18.8 Å². The van der Waals surface area contributed by atoms with Gasteiger partial charge in [0.2, 0.25) is 0 Å². The maximum absolute atomic E-state index is 8.41. The molecule has 0 fully saturated rings. The van der Waals surface area contributed by atoms with E-state index in [0.717, 1.165) is 5.56 Å². The predicted molar refractivity (Wildman–Crippen MR) is 32.7 cm³/mol. The Kier molecular flexibility index (Phi) is 1.23. The Morgan fingerprint density at radius 2 is 2.44 bits per heavy atom. The molecule has 0 N–H and O–H groups in total. The average molecular weight is 121 g/mol. The van der Waals surface area contributed by atoms with Gasteiger partial charge in [-0.25, -0.2) is 0 Å². The van der Waals surface area contributed by atoms with Crippen LogP contribution in [0.5, 0.6) is 0 Å². The third-order valence-electron chi connectivity index (χ3n) is 1.12. The summed E-state index contributed by atoms with van der Waals surface area (Å²) in [4.78, 5) is 0. The van der Waals surface area contributed by atoms with Crippen molar-refractivity contribution in [2.75, 3.05) is 0 Å². The lowest BCUT2D eigenvalue weighted by atomic mass is 10.3. The molecule has 0 saturated heterocycles. The van der Waals surface area contributed by atoms with E-state index < -0.39 is 0 Å². The summed E-state index contributed by atoms with van der Waals surface area (Å²) >= 11 is 0. The Morgan fingerprint density at radius 3 is 2.67 bits per heavy atom. The quantitative estimate of drug-likeness (QED) is 0.504. The molecular weight excluding hydrogens is 114 g/mol. The summed E-state index contributed by atoms with van der Waals surface area (Å²) in [5, 5.41) is 12.3. The lowest BCUT2D eigenvalue weighted by molar-refractivity contribution is 0.763. The third kappa shape index (κ3) is 0.918. The van der Waals surface area contributed by atoms with E-state index in [-0.39, 0.29) is 0 Å². The number of nitrogens with zero attached hydrogens (tertiary/aromatic N) is 3. The number of hydrogen-bond acceptors (Lipinski definition) is 2. The van der Waals surface area contributed by atoms with Gasteiger partial charge in [-0.2, -0.15) is 10.4 Å². The van der Waals surface area contributed by atoms with Crippen molar-refractivity contribution in [3.05, 3.63) is 17.5 Å². The van der Waals surface area contributed by atoms with Crippen LogP contribution < -0.4 is 0 Å². The van der Waals surface area contributed by atoms with Crippen molar-refractivity contribution in [1.29, 1.82) is 5.26 Å². The third-order valence-corrected chi connectivity index (χ3v) is 1.12. The minimum atomic E-state index is 0.512. The molecular formula is C6H7N3. The smallest absolute Gasteiger partial charge is 0.165 e. The second-order valence-corrected chi connectivity index (χ2v) is 1.95. The fraction of sp³-hybridized carbons (Fsp3) is 0.333. The standard InChI is InChI=1S/C6H7N3/c1-5-4-9(2)8-6(5)3-7/h4H,1-2H3. The molecule has 1 heterocycles. The van der Waals surface area contributed by atoms with E-state index in [1.165, 1.54) is 0 Å². The Bertz CT molecular complexity index is 254. The highest BCUT2D eigenvalue weighted by molar-refractivity contribution is 5.27. The van der Waals surface area contributed by atoms with Gasteiger partial charge in [0.05, 0.1) is 0 Å². The number of nitriles is 1. The maximum Gasteiger partial charge on any atom is 0.165 e. The van der Waals surface area contributed by atoms with Gasteiger partial charge in [0.1, 0.15) is 6.07 Å². The summed E-state index contributed by atoms with van der Waals surface area (Å²) < 4.78 is 1.63. The van der Waals surface area contributed by atoms with E-state index in [9.17, 15) is 0 Å². The molecule has 0 aliphatic rings. The molecule has 0 amide bonds. The molecule has 9 heavy (non-hydrogen) atoms. The highest BCUT2D eigenvalue weighted by atomic mass is 15.2. The first-order valence-electron chi connectivity index (χ1n) is 2.64. The van der Waals surface area contributed by atoms with Gasteiger partial charge in [-0.1, -0.05) is 0 Å². The second-order valence-electron chi connectivity index (χ2n) is 1.95. The number of rotatable bonds is 0. The summed E-state index contributed by atoms with van der Waals surface area (Å²) in [5.74, 6) is 0.